The number of benzene rings is 3. The van der Waals surface area contributed by atoms with Gasteiger partial charge in [-0.05, 0) is 61.7 Å². The fourth-order valence-electron chi connectivity index (χ4n) is 6.47. The maximum absolute atomic E-state index is 14.5. The van der Waals surface area contributed by atoms with E-state index in [0.717, 1.165) is 27.9 Å². The molecule has 0 bridgehead atoms. The Morgan fingerprint density at radius 1 is 0.938 bits per heavy atom. The van der Waals surface area contributed by atoms with E-state index in [2.05, 4.69) is 26.8 Å². The number of carboxylic acid groups (broad SMARTS) is 1. The van der Waals surface area contributed by atoms with Crippen molar-refractivity contribution in [2.45, 2.75) is 25.8 Å². The number of fused-ring (bicyclic) bond motifs is 1. The van der Waals surface area contributed by atoms with E-state index < -0.39 is 5.97 Å². The first kappa shape index (κ1) is 31.5. The second kappa shape index (κ2) is 13.2. The monoisotopic (exact) mass is 678 g/mol. The number of nitrogens with zero attached hydrogens (tertiary/aromatic N) is 4. The van der Waals surface area contributed by atoms with Crippen LogP contribution >= 0.6 is 23.2 Å². The van der Waals surface area contributed by atoms with Gasteiger partial charge < -0.3 is 24.9 Å². The molecule has 48 heavy (non-hydrogen) atoms. The van der Waals surface area contributed by atoms with Gasteiger partial charge in [-0.15, -0.1) is 0 Å². The lowest BCUT2D eigenvalue weighted by molar-refractivity contribution is -0.142. The molecule has 0 aliphatic carbocycles. The minimum atomic E-state index is -0.782. The van der Waals surface area contributed by atoms with Gasteiger partial charge in [0.15, 0.2) is 5.82 Å². The molecule has 11 heteroatoms. The van der Waals surface area contributed by atoms with Crippen LogP contribution in [0.4, 0.5) is 11.5 Å². The molecule has 1 atom stereocenters. The van der Waals surface area contributed by atoms with Crippen LogP contribution in [-0.2, 0) is 4.79 Å². The average molecular weight is 680 g/mol. The van der Waals surface area contributed by atoms with Crippen molar-refractivity contribution in [3.8, 4) is 22.5 Å². The highest BCUT2D eigenvalue weighted by atomic mass is 35.5. The van der Waals surface area contributed by atoms with Gasteiger partial charge in [-0.3, -0.25) is 9.59 Å². The number of amides is 1. The van der Waals surface area contributed by atoms with E-state index in [-0.39, 0.29) is 17.9 Å². The van der Waals surface area contributed by atoms with Crippen LogP contribution in [-0.4, -0.2) is 49.6 Å². The Balaban J connectivity index is 1.35. The van der Waals surface area contributed by atoms with Gasteiger partial charge in [0.05, 0.1) is 35.4 Å². The zero-order chi connectivity index (χ0) is 33.4. The van der Waals surface area contributed by atoms with Gasteiger partial charge in [0.25, 0.3) is 5.91 Å². The summed E-state index contributed by atoms with van der Waals surface area (Å²) in [6, 6.07) is 26.6. The number of anilines is 2. The molecule has 3 aromatic heterocycles. The number of carbonyl (C=O) groups excluding carboxylic acids is 1. The summed E-state index contributed by atoms with van der Waals surface area (Å²) in [5.41, 5.74) is 5.69. The number of piperidine rings is 1. The number of aromatic nitrogens is 4. The van der Waals surface area contributed by atoms with E-state index in [9.17, 15) is 14.7 Å². The molecular weight excluding hydrogens is 647 g/mol. The highest BCUT2D eigenvalue weighted by molar-refractivity contribution is 6.31. The Morgan fingerprint density at radius 3 is 2.40 bits per heavy atom. The van der Waals surface area contributed by atoms with Crippen molar-refractivity contribution >= 4 is 57.5 Å². The largest absolute Gasteiger partial charge is 0.481 e. The zero-order valence-corrected chi connectivity index (χ0v) is 27.5. The van der Waals surface area contributed by atoms with Crippen molar-refractivity contribution in [2.75, 3.05) is 23.3 Å². The third-order valence-electron chi connectivity index (χ3n) is 9.01. The SMILES string of the molecule is C[C@@H](c1ccc(Cl)cc1)n1cnc(-c2ccccc2)c1-c1c(C(=O)Nc2cccnc2N2CCC(C(=O)O)CC2)[nH]c2cc(Cl)ccc12. The zero-order valence-electron chi connectivity index (χ0n) is 26.0. The van der Waals surface area contributed by atoms with Gasteiger partial charge >= 0.3 is 5.97 Å². The predicted molar refractivity (Wildman–Crippen MR) is 190 cm³/mol. The third-order valence-corrected chi connectivity index (χ3v) is 9.50. The minimum absolute atomic E-state index is 0.158. The second-order valence-corrected chi connectivity index (χ2v) is 12.8. The van der Waals surface area contributed by atoms with E-state index in [4.69, 9.17) is 28.2 Å². The molecule has 3 aromatic carbocycles. The maximum Gasteiger partial charge on any atom is 0.306 e. The Labute approximate surface area is 287 Å². The fourth-order valence-corrected chi connectivity index (χ4v) is 6.77. The fraction of sp³-hybridized carbons (Fsp3) is 0.189. The number of aliphatic carboxylic acids is 1. The first-order chi connectivity index (χ1) is 23.3. The van der Waals surface area contributed by atoms with E-state index in [1.807, 2.05) is 90.1 Å². The van der Waals surface area contributed by atoms with Crippen LogP contribution in [0.3, 0.4) is 0 Å². The minimum Gasteiger partial charge on any atom is -0.481 e. The normalized spacial score (nSPS) is 14.3. The van der Waals surface area contributed by atoms with Crippen LogP contribution in [0.15, 0.2) is 97.5 Å². The second-order valence-electron chi connectivity index (χ2n) is 11.9. The van der Waals surface area contributed by atoms with Crippen molar-refractivity contribution < 1.29 is 14.7 Å². The Morgan fingerprint density at radius 2 is 1.67 bits per heavy atom. The summed E-state index contributed by atoms with van der Waals surface area (Å²) in [7, 11) is 0. The molecule has 0 spiro atoms. The highest BCUT2D eigenvalue weighted by Gasteiger charge is 2.30. The van der Waals surface area contributed by atoms with Gasteiger partial charge in [-0.2, -0.15) is 0 Å². The molecule has 6 aromatic rings. The lowest BCUT2D eigenvalue weighted by Gasteiger charge is -2.32. The van der Waals surface area contributed by atoms with Gasteiger partial charge in [0, 0.05) is 51.4 Å². The number of nitrogens with one attached hydrogen (secondary N) is 2. The van der Waals surface area contributed by atoms with Crippen LogP contribution < -0.4 is 10.2 Å². The Kier molecular flexibility index (Phi) is 8.64. The molecule has 3 N–H and O–H groups in total. The number of aromatic amines is 1. The van der Waals surface area contributed by atoms with Crippen molar-refractivity contribution in [1.29, 1.82) is 0 Å². The molecule has 7 rings (SSSR count). The van der Waals surface area contributed by atoms with Gasteiger partial charge in [-0.1, -0.05) is 71.7 Å². The molecule has 0 radical (unpaired) electrons. The van der Waals surface area contributed by atoms with E-state index in [0.29, 0.717) is 64.3 Å². The summed E-state index contributed by atoms with van der Waals surface area (Å²) in [4.78, 5) is 40.9. The molecule has 1 aliphatic rings. The number of halogens is 2. The molecule has 0 unspecified atom stereocenters. The number of rotatable bonds is 8. The third kappa shape index (κ3) is 6.03. The summed E-state index contributed by atoms with van der Waals surface area (Å²) >= 11 is 12.7. The van der Waals surface area contributed by atoms with Gasteiger partial charge in [0.1, 0.15) is 5.69 Å². The number of hydrogen-bond donors (Lipinski definition) is 3. The van der Waals surface area contributed by atoms with Crippen molar-refractivity contribution in [2.24, 2.45) is 5.92 Å². The van der Waals surface area contributed by atoms with E-state index >= 15 is 0 Å². The van der Waals surface area contributed by atoms with Gasteiger partial charge in [0.2, 0.25) is 0 Å². The first-order valence-electron chi connectivity index (χ1n) is 15.7. The number of carbonyl (C=O) groups is 2. The molecular formula is C37H32Cl2N6O3. The molecule has 9 nitrogen and oxygen atoms in total. The molecule has 1 saturated heterocycles. The predicted octanol–water partition coefficient (Wildman–Crippen LogP) is 8.56. The summed E-state index contributed by atoms with van der Waals surface area (Å²) in [5, 5.41) is 14.6. The van der Waals surface area contributed by atoms with Crippen LogP contribution in [0.1, 0.15) is 41.9 Å². The number of pyridine rings is 1. The number of carboxylic acids is 1. The molecule has 242 valence electrons. The lowest BCUT2D eigenvalue weighted by atomic mass is 9.97. The molecule has 0 saturated carbocycles. The molecule has 1 aliphatic heterocycles. The number of hydrogen-bond acceptors (Lipinski definition) is 5. The van der Waals surface area contributed by atoms with Crippen LogP contribution in [0.25, 0.3) is 33.4 Å². The Bertz CT molecular complexity index is 2120. The molecule has 4 heterocycles. The van der Waals surface area contributed by atoms with Crippen LogP contribution in [0.2, 0.25) is 10.0 Å². The summed E-state index contributed by atoms with van der Waals surface area (Å²) in [5.74, 6) is -0.933. The van der Waals surface area contributed by atoms with Crippen molar-refractivity contribution in [1.82, 2.24) is 19.5 Å². The van der Waals surface area contributed by atoms with Gasteiger partial charge in [-0.25, -0.2) is 9.97 Å². The standard InChI is InChI=1S/C37H32Cl2N6O3/c1-22(23-9-11-26(38)12-10-23)45-21-41-32(24-6-3-2-4-7-24)34(45)31-28-14-13-27(39)20-30(28)42-33(31)36(46)43-29-8-5-17-40-35(29)44-18-15-25(16-19-44)37(47)48/h2-14,17,20-22,25,42H,15-16,18-19H2,1H3,(H,43,46)(H,47,48)/t22-/m0/s1. The topological polar surface area (TPSA) is 116 Å². The molecule has 1 amide bonds. The van der Waals surface area contributed by atoms with Crippen molar-refractivity contribution in [3.05, 3.63) is 119 Å². The summed E-state index contributed by atoms with van der Waals surface area (Å²) in [6.07, 6.45) is 4.50. The van der Waals surface area contributed by atoms with Crippen LogP contribution in [0, 0.1) is 5.92 Å². The maximum atomic E-state index is 14.5. The number of H-pyrrole nitrogens is 1. The average Bonchev–Trinajstić information content (AvgIpc) is 3.70. The Hall–Kier alpha value is -5.12. The van der Waals surface area contributed by atoms with Crippen LogP contribution in [0.5, 0.6) is 0 Å². The summed E-state index contributed by atoms with van der Waals surface area (Å²) in [6.45, 7) is 3.13. The summed E-state index contributed by atoms with van der Waals surface area (Å²) < 4.78 is 2.08. The molecule has 1 fully saturated rings. The van der Waals surface area contributed by atoms with E-state index in [1.54, 1.807) is 12.3 Å². The lowest BCUT2D eigenvalue weighted by Crippen LogP contribution is -2.37. The quantitative estimate of drug-likeness (QED) is 0.149. The highest BCUT2D eigenvalue weighted by Crippen LogP contribution is 2.42. The smallest absolute Gasteiger partial charge is 0.306 e. The first-order valence-corrected chi connectivity index (χ1v) is 16.5. The van der Waals surface area contributed by atoms with Crippen molar-refractivity contribution in [3.63, 3.8) is 0 Å². The van der Waals surface area contributed by atoms with E-state index in [1.165, 1.54) is 0 Å². The number of imidazole rings is 1.